The lowest BCUT2D eigenvalue weighted by Gasteiger charge is -2.72. The number of carbonyl (C=O) groups is 3. The molecule has 532 valence electrons. The van der Waals surface area contributed by atoms with Crippen molar-refractivity contribution in [3.8, 4) is 0 Å². The first-order valence-electron chi connectivity index (χ1n) is 32.6. The minimum absolute atomic E-state index is 0.117. The molecule has 0 spiro atoms. The summed E-state index contributed by atoms with van der Waals surface area (Å²) in [6.45, 7) is 12.5. The third-order valence-corrected chi connectivity index (χ3v) is 23.7. The van der Waals surface area contributed by atoms with E-state index in [0.29, 0.717) is 51.4 Å². The van der Waals surface area contributed by atoms with Crippen LogP contribution in [0.5, 0.6) is 0 Å². The van der Waals surface area contributed by atoms with Crippen molar-refractivity contribution in [2.24, 2.45) is 50.2 Å². The largest absolute Gasteiger partial charge is 0.481 e. The zero-order valence-electron chi connectivity index (χ0n) is 53.9. The summed E-state index contributed by atoms with van der Waals surface area (Å²) in [5, 5.41) is 175. The second-order valence-corrected chi connectivity index (χ2v) is 30.4. The molecule has 30 heteroatoms. The van der Waals surface area contributed by atoms with Crippen LogP contribution in [-0.4, -0.2) is 286 Å². The zero-order valence-corrected chi connectivity index (χ0v) is 53.9. The van der Waals surface area contributed by atoms with Gasteiger partial charge in [-0.25, -0.2) is 0 Å². The fourth-order valence-electron chi connectivity index (χ4n) is 18.3. The molecule has 1 unspecified atom stereocenters. The van der Waals surface area contributed by atoms with Gasteiger partial charge in [0.25, 0.3) is 0 Å². The van der Waals surface area contributed by atoms with E-state index in [2.05, 4.69) is 40.7 Å². The van der Waals surface area contributed by atoms with E-state index in [1.54, 1.807) is 0 Å². The predicted molar refractivity (Wildman–Crippen MR) is 310 cm³/mol. The van der Waals surface area contributed by atoms with Crippen LogP contribution >= 0.6 is 0 Å². The number of allylic oxidation sites excluding steroid dienone is 2. The molecular weight excluding hydrogens is 1240 g/mol. The Bertz CT molecular complexity index is 2680. The highest BCUT2D eigenvalue weighted by atomic mass is 16.8. The van der Waals surface area contributed by atoms with Gasteiger partial charge in [-0.05, 0) is 111 Å². The highest BCUT2D eigenvalue weighted by Gasteiger charge is 2.72. The Balaban J connectivity index is 0.893. The zero-order chi connectivity index (χ0) is 68.2. The number of esters is 2. The average Bonchev–Trinajstić information content (AvgIpc) is 0.674. The summed E-state index contributed by atoms with van der Waals surface area (Å²) in [6.07, 6.45) is -35.1. The molecule has 4 saturated carbocycles. The number of carbonyl (C=O) groups excluding carboxylic acids is 2. The maximum absolute atomic E-state index is 15.6. The van der Waals surface area contributed by atoms with Crippen LogP contribution in [0.25, 0.3) is 0 Å². The van der Waals surface area contributed by atoms with Gasteiger partial charge in [0.15, 0.2) is 37.4 Å². The van der Waals surface area contributed by atoms with E-state index in [1.165, 1.54) is 6.92 Å². The second kappa shape index (κ2) is 27.0. The fourth-order valence-corrected chi connectivity index (χ4v) is 18.3. The third kappa shape index (κ3) is 13.1. The van der Waals surface area contributed by atoms with Gasteiger partial charge in [0.05, 0.1) is 75.2 Å². The molecule has 16 N–H and O–H groups in total. The SMILES string of the molecule is C[C@@H]1O[C@@H](O[C@H]2[C@H](OC(=O)[C@]34CCC(C)(C)C[C@H]3C3=CC[C@@H]5[C@@]6(C)C[C@H](O)[C@H](O[C@@H]7O[C@H](CO)[C@@H](O)[C@H](O)[C@H]7O[C@@H]7OC[C@H](O)[C@H](O)[C@H]7O)[C@@](C)(CO)[C@@H]6CC[C@@]5(C)[C@]3(C)CC4)OC[C@H](O)[C@@H]2O)[C@H](O)[C@H](O[C@@H]2OC[C@@H](O)[C@H](O)[C@H]2O)[C@H]1OC(=O)CC(C)(O)CC(=O)O. The number of rotatable bonds is 17. The number of aliphatic hydroxyl groups is 15. The number of hydrogen-bond acceptors (Lipinski definition) is 29. The maximum Gasteiger partial charge on any atom is 0.315 e. The molecule has 33 atom stereocenters. The highest BCUT2D eigenvalue weighted by molar-refractivity contribution is 5.79. The quantitative estimate of drug-likeness (QED) is 0.0388. The summed E-state index contributed by atoms with van der Waals surface area (Å²) < 4.78 is 65.9. The minimum Gasteiger partial charge on any atom is -0.481 e. The fraction of sp³-hybridized carbons (Fsp3) is 0.921. The Hall–Kier alpha value is -2.81. The molecule has 0 bridgehead atoms. The molecule has 93 heavy (non-hydrogen) atoms. The monoisotopic (exact) mass is 1340 g/mol. The van der Waals surface area contributed by atoms with Gasteiger partial charge in [-0.3, -0.25) is 14.4 Å². The predicted octanol–water partition coefficient (Wildman–Crippen LogP) is -3.16. The summed E-state index contributed by atoms with van der Waals surface area (Å²) >= 11 is 0. The van der Waals surface area contributed by atoms with Crippen molar-refractivity contribution in [2.75, 3.05) is 33.0 Å². The lowest BCUT2D eigenvalue weighted by molar-refractivity contribution is -0.377. The van der Waals surface area contributed by atoms with Gasteiger partial charge in [-0.1, -0.05) is 53.2 Å². The van der Waals surface area contributed by atoms with E-state index in [9.17, 15) is 91.3 Å². The number of fused-ring (bicyclic) bond motifs is 7. The molecule has 5 aliphatic carbocycles. The normalized spacial score (nSPS) is 51.3. The van der Waals surface area contributed by atoms with Gasteiger partial charge in [-0.2, -0.15) is 0 Å². The molecule has 0 aromatic carbocycles. The molecule has 0 aromatic rings. The van der Waals surface area contributed by atoms with E-state index < -0.39 is 250 Å². The minimum atomic E-state index is -2.09. The Morgan fingerprint density at radius 1 is 0.581 bits per heavy atom. The van der Waals surface area contributed by atoms with E-state index in [0.717, 1.165) is 12.5 Å². The van der Waals surface area contributed by atoms with Crippen LogP contribution in [-0.2, 0) is 66.5 Å². The number of hydrogen-bond donors (Lipinski definition) is 16. The van der Waals surface area contributed by atoms with Crippen LogP contribution in [0, 0.1) is 50.2 Å². The standard InChI is InChI=1S/C63H100O30/c1-26-46(88-37(72)20-58(4,82)19-36(70)71)47(89-51-43(78)38(73)30(67)22-83-51)45(80)53(86-26)91-48-40(75)32(69)24-85-54(48)93-56(81)63-15-13-57(2,3)17-28(63)27-9-10-35-59(5)18-29(66)50(60(6,25-65)34(59)11-12-62(35,8)61(27,7)14-16-63)92-55-49(42(77)41(76)33(21-64)87-55)90-52-44(79)39(74)31(68)23-84-52/h9,26,28-35,38-55,64-69,73-80,82H,10-25H2,1-8H3,(H,70,71)/t26-,28-,29-,30+,31-,32-,33+,34+,35+,38-,39-,40-,41+,42-,43+,44+,45+,46-,47-,48+,49+,50-,51-,52-,53-,54-,55-,58?,59-,60-,61+,62+,63-/m0/s1. The molecule has 30 nitrogen and oxygen atoms in total. The first kappa shape index (κ1) is 72.9. The van der Waals surface area contributed by atoms with Crippen LogP contribution < -0.4 is 0 Å². The number of carboxylic acid groups (broad SMARTS) is 1. The van der Waals surface area contributed by atoms with Crippen molar-refractivity contribution in [3.63, 3.8) is 0 Å². The molecule has 5 saturated heterocycles. The van der Waals surface area contributed by atoms with Crippen LogP contribution in [0.2, 0.25) is 0 Å². The van der Waals surface area contributed by atoms with Crippen molar-refractivity contribution < 1.29 is 148 Å². The Morgan fingerprint density at radius 3 is 1.75 bits per heavy atom. The van der Waals surface area contributed by atoms with Gasteiger partial charge in [0, 0.05) is 5.41 Å². The van der Waals surface area contributed by atoms with Gasteiger partial charge >= 0.3 is 17.9 Å². The summed E-state index contributed by atoms with van der Waals surface area (Å²) in [5.41, 5.74) is -5.35. The molecule has 9 fully saturated rings. The van der Waals surface area contributed by atoms with Gasteiger partial charge < -0.3 is 134 Å². The topological polar surface area (TPSA) is 476 Å². The molecule has 10 rings (SSSR count). The van der Waals surface area contributed by atoms with Crippen molar-refractivity contribution >= 4 is 17.9 Å². The van der Waals surface area contributed by atoms with E-state index in [4.69, 9.17) is 52.1 Å². The summed E-state index contributed by atoms with van der Waals surface area (Å²) in [7, 11) is 0. The highest BCUT2D eigenvalue weighted by Crippen LogP contribution is 2.76. The second-order valence-electron chi connectivity index (χ2n) is 30.4. The van der Waals surface area contributed by atoms with Crippen LogP contribution in [0.4, 0.5) is 0 Å². The van der Waals surface area contributed by atoms with Gasteiger partial charge in [-0.15, -0.1) is 0 Å². The smallest absolute Gasteiger partial charge is 0.315 e. The Labute approximate surface area is 538 Å². The Kier molecular flexibility index (Phi) is 21.2. The molecule has 0 radical (unpaired) electrons. The first-order valence-corrected chi connectivity index (χ1v) is 32.6. The van der Waals surface area contributed by atoms with Gasteiger partial charge in [0.2, 0.25) is 6.29 Å². The van der Waals surface area contributed by atoms with Crippen molar-refractivity contribution in [1.82, 2.24) is 0 Å². The van der Waals surface area contributed by atoms with E-state index >= 15 is 4.79 Å². The lowest BCUT2D eigenvalue weighted by atomic mass is 9.33. The van der Waals surface area contributed by atoms with Crippen LogP contribution in [0.3, 0.4) is 0 Å². The lowest BCUT2D eigenvalue weighted by Crippen LogP contribution is -2.70. The number of aliphatic hydroxyl groups excluding tert-OH is 14. The summed E-state index contributed by atoms with van der Waals surface area (Å²) in [5.74, 6) is -4.06. The van der Waals surface area contributed by atoms with E-state index in [1.807, 2.05) is 6.92 Å². The third-order valence-electron chi connectivity index (χ3n) is 23.7. The van der Waals surface area contributed by atoms with Crippen LogP contribution in [0.15, 0.2) is 11.6 Å². The Morgan fingerprint density at radius 2 is 1.15 bits per heavy atom. The molecule has 0 aromatic heterocycles. The maximum atomic E-state index is 15.6. The van der Waals surface area contributed by atoms with Crippen molar-refractivity contribution in [1.29, 1.82) is 0 Å². The number of aliphatic carboxylic acids is 1. The average molecular weight is 1340 g/mol. The molecule has 10 aliphatic rings. The van der Waals surface area contributed by atoms with Crippen molar-refractivity contribution in [2.45, 2.75) is 279 Å². The molecule has 0 amide bonds. The summed E-state index contributed by atoms with van der Waals surface area (Å²) in [4.78, 5) is 40.4. The van der Waals surface area contributed by atoms with Crippen LogP contribution in [0.1, 0.15) is 126 Å². The molecule has 5 aliphatic heterocycles. The molecule has 5 heterocycles. The van der Waals surface area contributed by atoms with Crippen molar-refractivity contribution in [3.05, 3.63) is 11.6 Å². The van der Waals surface area contributed by atoms with E-state index in [-0.39, 0.29) is 23.7 Å². The van der Waals surface area contributed by atoms with Gasteiger partial charge in [0.1, 0.15) is 85.5 Å². The molecular formula is C63H100O30. The first-order chi connectivity index (χ1) is 43.4. The number of carboxylic acids is 1. The summed E-state index contributed by atoms with van der Waals surface area (Å²) in [6, 6.07) is 0. The number of ether oxygens (including phenoxy) is 11.